The predicted molar refractivity (Wildman–Crippen MR) is 179 cm³/mol. The number of nitrogens with zero attached hydrogens (tertiary/aromatic N) is 5. The van der Waals surface area contributed by atoms with Crippen molar-refractivity contribution in [2.75, 3.05) is 18.1 Å². The first kappa shape index (κ1) is 31.6. The number of anilines is 1. The van der Waals surface area contributed by atoms with Gasteiger partial charge in [-0.25, -0.2) is 4.98 Å². The number of amides is 1. The minimum absolute atomic E-state index is 0.110. The van der Waals surface area contributed by atoms with Crippen LogP contribution in [-0.2, 0) is 15.3 Å². The first-order valence-electron chi connectivity index (χ1n) is 14.6. The van der Waals surface area contributed by atoms with Crippen molar-refractivity contribution < 1.29 is 24.2 Å². The zero-order valence-corrected chi connectivity index (χ0v) is 27.9. The van der Waals surface area contributed by atoms with Gasteiger partial charge in [0, 0.05) is 17.0 Å². The van der Waals surface area contributed by atoms with Crippen molar-refractivity contribution in [3.63, 3.8) is 0 Å². The second-order valence-electron chi connectivity index (χ2n) is 10.4. The number of pyridine rings is 1. The van der Waals surface area contributed by atoms with Crippen LogP contribution in [0.1, 0.15) is 48.0 Å². The molecule has 0 spiro atoms. The van der Waals surface area contributed by atoms with Gasteiger partial charge >= 0.3 is 5.91 Å². The van der Waals surface area contributed by atoms with Gasteiger partial charge in [0.15, 0.2) is 21.6 Å². The second-order valence-corrected chi connectivity index (χ2v) is 13.0. The lowest BCUT2D eigenvalue weighted by Crippen LogP contribution is -2.29. The molecular formula is C33H30ClN5O5S2. The topological polar surface area (TPSA) is 119 Å². The minimum atomic E-state index is -1.05. The highest BCUT2D eigenvalue weighted by atomic mass is 35.5. The number of imidazole rings is 1. The number of halogens is 1. The number of ketones is 1. The van der Waals surface area contributed by atoms with Crippen molar-refractivity contribution in [3.05, 3.63) is 99.5 Å². The van der Waals surface area contributed by atoms with Gasteiger partial charge in [0.1, 0.15) is 11.3 Å². The van der Waals surface area contributed by atoms with E-state index in [-0.39, 0.29) is 22.2 Å². The molecule has 1 amide bonds. The summed E-state index contributed by atoms with van der Waals surface area (Å²) < 4.78 is 14.1. The molecule has 3 aromatic heterocycles. The molecule has 13 heteroatoms. The number of aromatic nitrogens is 4. The summed E-state index contributed by atoms with van der Waals surface area (Å²) in [5.41, 5.74) is 3.70. The minimum Gasteiger partial charge on any atom is -0.505 e. The maximum atomic E-state index is 13.9. The van der Waals surface area contributed by atoms with Gasteiger partial charge in [0.25, 0.3) is 5.78 Å². The molecule has 1 unspecified atom stereocenters. The number of ether oxygens (including phenoxy) is 2. The molecule has 0 saturated carbocycles. The van der Waals surface area contributed by atoms with Crippen LogP contribution in [0.25, 0.3) is 11.4 Å². The molecular weight excluding hydrogens is 646 g/mol. The van der Waals surface area contributed by atoms with Crippen LogP contribution in [0.15, 0.2) is 70.7 Å². The summed E-state index contributed by atoms with van der Waals surface area (Å²) in [6, 6.07) is 15.5. The number of carbonyl (C=O) groups excluding carboxylic acids is 2. The molecule has 2 aromatic carbocycles. The number of thioether (sulfide) groups is 1. The first-order valence-corrected chi connectivity index (χ1v) is 16.8. The Morgan fingerprint density at radius 3 is 2.52 bits per heavy atom. The summed E-state index contributed by atoms with van der Waals surface area (Å²) in [6.07, 6.45) is 1.83. The van der Waals surface area contributed by atoms with Crippen LogP contribution < -0.4 is 14.4 Å². The third-order valence-electron chi connectivity index (χ3n) is 7.55. The smallest absolute Gasteiger partial charge is 0.301 e. The molecule has 10 nitrogen and oxygen atoms in total. The number of benzene rings is 2. The number of rotatable bonds is 10. The lowest BCUT2D eigenvalue weighted by atomic mass is 9.96. The van der Waals surface area contributed by atoms with Crippen LogP contribution in [0.4, 0.5) is 5.13 Å². The summed E-state index contributed by atoms with van der Waals surface area (Å²) in [5.74, 6) is -0.570. The van der Waals surface area contributed by atoms with Crippen molar-refractivity contribution in [1.29, 1.82) is 0 Å². The average Bonchev–Trinajstić information content (AvgIpc) is 3.72. The van der Waals surface area contributed by atoms with E-state index in [2.05, 4.69) is 15.2 Å². The van der Waals surface area contributed by atoms with E-state index in [0.29, 0.717) is 56.7 Å². The first-order chi connectivity index (χ1) is 22.2. The van der Waals surface area contributed by atoms with Crippen LogP contribution in [0.5, 0.6) is 11.5 Å². The molecule has 1 fully saturated rings. The highest BCUT2D eigenvalue weighted by molar-refractivity contribution is 8.00. The van der Waals surface area contributed by atoms with Crippen molar-refractivity contribution >= 4 is 62.9 Å². The number of Topliss-reactive ketones (excluding diaryl/α,β-unsaturated/α-hetero) is 1. The number of aliphatic hydroxyl groups is 1. The normalized spacial score (nSPS) is 16.0. The van der Waals surface area contributed by atoms with E-state index in [1.165, 1.54) is 28.0 Å². The van der Waals surface area contributed by atoms with E-state index in [1.54, 1.807) is 25.1 Å². The fraction of sp³-hybridized carbons (Fsp3) is 0.242. The third-order valence-corrected chi connectivity index (χ3v) is 10.0. The highest BCUT2D eigenvalue weighted by Crippen LogP contribution is 2.46. The Morgan fingerprint density at radius 1 is 1.02 bits per heavy atom. The average molecular weight is 676 g/mol. The van der Waals surface area contributed by atoms with Crippen molar-refractivity contribution in [2.45, 2.75) is 43.8 Å². The van der Waals surface area contributed by atoms with Gasteiger partial charge in [-0.15, -0.1) is 10.2 Å². The van der Waals surface area contributed by atoms with Crippen LogP contribution in [0, 0.1) is 13.8 Å². The zero-order valence-electron chi connectivity index (χ0n) is 25.5. The maximum absolute atomic E-state index is 13.9. The van der Waals surface area contributed by atoms with Gasteiger partial charge < -0.3 is 19.0 Å². The summed E-state index contributed by atoms with van der Waals surface area (Å²) in [6.45, 7) is 8.23. The fourth-order valence-electron chi connectivity index (χ4n) is 5.37. The molecule has 1 atom stereocenters. The largest absolute Gasteiger partial charge is 0.505 e. The zero-order chi connectivity index (χ0) is 32.5. The Labute approximate surface area is 278 Å². The van der Waals surface area contributed by atoms with Gasteiger partial charge in [0.05, 0.1) is 30.5 Å². The monoisotopic (exact) mass is 675 g/mol. The molecule has 46 heavy (non-hydrogen) atoms. The molecule has 236 valence electrons. The van der Waals surface area contributed by atoms with Crippen LogP contribution in [0.3, 0.4) is 0 Å². The molecule has 1 saturated heterocycles. The second kappa shape index (κ2) is 13.1. The Hall–Kier alpha value is -4.39. The SMILES string of the molecule is CCOc1ccc(C2C(=C(O)c3nc4c(C)cccn4c3C)C(=O)C(=O)N2c2nnc(SCc3ccccc3Cl)s2)cc1OCC. The maximum Gasteiger partial charge on any atom is 0.301 e. The predicted octanol–water partition coefficient (Wildman–Crippen LogP) is 7.17. The molecule has 0 bridgehead atoms. The van der Waals surface area contributed by atoms with E-state index in [9.17, 15) is 14.7 Å². The lowest BCUT2D eigenvalue weighted by molar-refractivity contribution is -0.132. The van der Waals surface area contributed by atoms with E-state index in [0.717, 1.165) is 11.1 Å². The van der Waals surface area contributed by atoms with Crippen molar-refractivity contribution in [1.82, 2.24) is 19.6 Å². The van der Waals surface area contributed by atoms with Gasteiger partial charge in [0.2, 0.25) is 5.13 Å². The molecule has 5 aromatic rings. The van der Waals surface area contributed by atoms with E-state index in [4.69, 9.17) is 21.1 Å². The van der Waals surface area contributed by atoms with Crippen molar-refractivity contribution in [3.8, 4) is 11.5 Å². The molecule has 1 aliphatic rings. The van der Waals surface area contributed by atoms with Crippen LogP contribution in [-0.4, -0.2) is 49.6 Å². The number of hydrogen-bond acceptors (Lipinski definition) is 10. The summed E-state index contributed by atoms with van der Waals surface area (Å²) in [7, 11) is 0. The molecule has 0 radical (unpaired) electrons. The quantitative estimate of drug-likeness (QED) is 0.0540. The summed E-state index contributed by atoms with van der Waals surface area (Å²) in [5, 5.41) is 21.3. The number of aryl methyl sites for hydroxylation is 2. The number of carbonyl (C=O) groups is 2. The Kier molecular flexibility index (Phi) is 9.03. The van der Waals surface area contributed by atoms with Crippen molar-refractivity contribution in [2.24, 2.45) is 0 Å². The number of aliphatic hydroxyl groups excluding tert-OH is 1. The van der Waals surface area contributed by atoms with Gasteiger partial charge in [-0.2, -0.15) is 0 Å². The van der Waals surface area contributed by atoms with Crippen LogP contribution >= 0.6 is 34.7 Å². The van der Waals surface area contributed by atoms with Crippen LogP contribution in [0.2, 0.25) is 5.02 Å². The highest BCUT2D eigenvalue weighted by Gasteiger charge is 2.49. The lowest BCUT2D eigenvalue weighted by Gasteiger charge is -2.23. The summed E-state index contributed by atoms with van der Waals surface area (Å²) >= 11 is 8.93. The molecule has 4 heterocycles. The number of fused-ring (bicyclic) bond motifs is 1. The van der Waals surface area contributed by atoms with Gasteiger partial charge in [-0.3, -0.25) is 14.5 Å². The van der Waals surface area contributed by atoms with E-state index < -0.39 is 17.7 Å². The summed E-state index contributed by atoms with van der Waals surface area (Å²) in [4.78, 5) is 33.6. The Balaban J connectivity index is 1.48. The van der Waals surface area contributed by atoms with Gasteiger partial charge in [-0.1, -0.05) is 65.0 Å². The fourth-order valence-corrected chi connectivity index (χ4v) is 7.52. The molecule has 6 rings (SSSR count). The molecule has 0 aliphatic carbocycles. The standard InChI is InChI=1S/C33H30ClN5O5S2/c1-5-43-23-14-13-20(16-24(23)44-6-2)27-25(28(40)26-19(4)38-15-9-10-18(3)30(38)35-26)29(41)31(42)39(27)32-36-37-33(46-32)45-17-21-11-7-8-12-22(21)34/h7-16,27,40H,5-6,17H2,1-4H3. The van der Waals surface area contributed by atoms with E-state index in [1.807, 2.05) is 67.8 Å². The Bertz CT molecular complexity index is 2010. The third kappa shape index (κ3) is 5.72. The van der Waals surface area contributed by atoms with Gasteiger partial charge in [-0.05, 0) is 68.7 Å². The Morgan fingerprint density at radius 2 is 1.78 bits per heavy atom. The molecule has 1 N–H and O–H groups in total. The molecule has 1 aliphatic heterocycles. The number of hydrogen-bond donors (Lipinski definition) is 1. The van der Waals surface area contributed by atoms with E-state index >= 15 is 0 Å².